The van der Waals surface area contributed by atoms with Gasteiger partial charge in [0.15, 0.2) is 0 Å². The summed E-state index contributed by atoms with van der Waals surface area (Å²) in [4.78, 5) is 35.6. The predicted molar refractivity (Wildman–Crippen MR) is 160 cm³/mol. The van der Waals surface area contributed by atoms with Gasteiger partial charge in [0.05, 0.1) is 13.2 Å². The lowest BCUT2D eigenvalue weighted by atomic mass is 9.56. The van der Waals surface area contributed by atoms with Crippen LogP contribution >= 0.6 is 0 Å². The van der Waals surface area contributed by atoms with Gasteiger partial charge in [-0.15, -0.1) is 0 Å². The Hall–Kier alpha value is -3.83. The largest absolute Gasteiger partial charge is 0.496 e. The second-order valence-corrected chi connectivity index (χ2v) is 13.0. The third kappa shape index (κ3) is 4.74. The zero-order chi connectivity index (χ0) is 29.0. The number of piperidine rings is 1. The summed E-state index contributed by atoms with van der Waals surface area (Å²) in [6.45, 7) is 5.20. The topological polar surface area (TPSA) is 92.7 Å². The van der Waals surface area contributed by atoms with E-state index in [-0.39, 0.29) is 35.7 Å². The molecule has 42 heavy (non-hydrogen) atoms. The molecule has 1 N–H and O–H groups in total. The average Bonchev–Trinajstić information content (AvgIpc) is 3.71. The molecular formula is C34H39N5O3. The SMILES string of the molecule is COc1cc(C)c2[nH]ccc2c1CN1CCC2(CC(C#N)C2)CC1c1ccc(C(=O)N2CCN(C3CC3)C(=O)C2)cc1. The lowest BCUT2D eigenvalue weighted by Gasteiger charge is -2.53. The lowest BCUT2D eigenvalue weighted by Crippen LogP contribution is -2.52. The fraction of sp³-hybridized carbons (Fsp3) is 0.500. The van der Waals surface area contributed by atoms with E-state index in [9.17, 15) is 14.9 Å². The number of ether oxygens (including phenoxy) is 1. The zero-order valence-electron chi connectivity index (χ0n) is 24.6. The van der Waals surface area contributed by atoms with Crippen LogP contribution in [0.25, 0.3) is 10.9 Å². The minimum Gasteiger partial charge on any atom is -0.496 e. The summed E-state index contributed by atoms with van der Waals surface area (Å²) in [6.07, 6.45) is 8.20. The molecule has 7 rings (SSSR count). The fourth-order valence-electron chi connectivity index (χ4n) is 7.79. The van der Waals surface area contributed by atoms with Crippen LogP contribution in [0.1, 0.15) is 71.6 Å². The number of nitrogens with one attached hydrogen (secondary N) is 1. The highest BCUT2D eigenvalue weighted by atomic mass is 16.5. The molecule has 2 aliphatic heterocycles. The van der Waals surface area contributed by atoms with Gasteiger partial charge in [-0.25, -0.2) is 0 Å². The van der Waals surface area contributed by atoms with Crippen molar-refractivity contribution in [3.63, 3.8) is 0 Å². The van der Waals surface area contributed by atoms with Crippen molar-refractivity contribution in [2.24, 2.45) is 11.3 Å². The van der Waals surface area contributed by atoms with Gasteiger partial charge < -0.3 is 19.5 Å². The molecule has 8 heteroatoms. The van der Waals surface area contributed by atoms with Crippen molar-refractivity contribution in [2.45, 2.75) is 64.1 Å². The van der Waals surface area contributed by atoms with Crippen LogP contribution in [-0.2, 0) is 11.3 Å². The molecule has 3 heterocycles. The van der Waals surface area contributed by atoms with Crippen LogP contribution in [-0.4, -0.2) is 70.8 Å². The number of carbonyl (C=O) groups is 2. The second-order valence-electron chi connectivity index (χ2n) is 13.0. The maximum atomic E-state index is 13.4. The average molecular weight is 566 g/mol. The van der Waals surface area contributed by atoms with Gasteiger partial charge in [0.25, 0.3) is 5.91 Å². The quantitative estimate of drug-likeness (QED) is 0.444. The van der Waals surface area contributed by atoms with Gasteiger partial charge in [-0.05, 0) is 92.8 Å². The normalized spacial score (nSPS) is 26.4. The highest BCUT2D eigenvalue weighted by molar-refractivity contribution is 5.97. The van der Waals surface area contributed by atoms with E-state index in [0.29, 0.717) is 24.7 Å². The number of aromatic amines is 1. The number of aromatic nitrogens is 1. The van der Waals surface area contributed by atoms with E-state index < -0.39 is 0 Å². The van der Waals surface area contributed by atoms with Gasteiger partial charge in [-0.1, -0.05) is 12.1 Å². The van der Waals surface area contributed by atoms with E-state index in [2.05, 4.69) is 47.1 Å². The van der Waals surface area contributed by atoms with E-state index in [1.54, 1.807) is 12.0 Å². The molecule has 8 nitrogen and oxygen atoms in total. The number of fused-ring (bicyclic) bond motifs is 1. The maximum Gasteiger partial charge on any atom is 0.254 e. The number of methoxy groups -OCH3 is 1. The smallest absolute Gasteiger partial charge is 0.254 e. The molecule has 4 aliphatic rings. The molecule has 0 bridgehead atoms. The summed E-state index contributed by atoms with van der Waals surface area (Å²) >= 11 is 0. The number of hydrogen-bond donors (Lipinski definition) is 1. The Kier molecular flexibility index (Phi) is 6.73. The number of rotatable bonds is 6. The molecule has 1 atom stereocenters. The van der Waals surface area contributed by atoms with Gasteiger partial charge in [0.2, 0.25) is 5.91 Å². The van der Waals surface area contributed by atoms with E-state index >= 15 is 0 Å². The van der Waals surface area contributed by atoms with Crippen LogP contribution in [0.15, 0.2) is 42.6 Å². The van der Waals surface area contributed by atoms with E-state index in [0.717, 1.165) is 68.4 Å². The van der Waals surface area contributed by atoms with Crippen molar-refractivity contribution in [1.29, 1.82) is 5.26 Å². The molecule has 218 valence electrons. The van der Waals surface area contributed by atoms with Crippen LogP contribution < -0.4 is 4.74 Å². The van der Waals surface area contributed by atoms with Crippen molar-refractivity contribution in [3.05, 3.63) is 64.8 Å². The van der Waals surface area contributed by atoms with Crippen molar-refractivity contribution >= 4 is 22.7 Å². The van der Waals surface area contributed by atoms with Crippen LogP contribution in [0.2, 0.25) is 0 Å². The Morgan fingerprint density at radius 1 is 1.12 bits per heavy atom. The van der Waals surface area contributed by atoms with Crippen molar-refractivity contribution in [2.75, 3.05) is 33.3 Å². The first kappa shape index (κ1) is 27.0. The number of nitriles is 1. The number of aryl methyl sites for hydroxylation is 1. The molecule has 2 saturated carbocycles. The first-order valence-corrected chi connectivity index (χ1v) is 15.3. The Balaban J connectivity index is 1.14. The molecule has 1 aromatic heterocycles. The zero-order valence-corrected chi connectivity index (χ0v) is 24.6. The summed E-state index contributed by atoms with van der Waals surface area (Å²) < 4.78 is 5.87. The number of carbonyl (C=O) groups excluding carboxylic acids is 2. The van der Waals surface area contributed by atoms with Crippen LogP contribution in [0.3, 0.4) is 0 Å². The standard InChI is InChI=1S/C34H39N5O3/c1-22-15-30(42-2)28(27-9-11-36-32(22)27)20-37-12-10-34(16-23(17-34)19-35)18-29(37)24-3-5-25(6-4-24)33(41)38-13-14-39(26-7-8-26)31(40)21-38/h3-6,9,11,15,23,26,29,36H,7-8,10,12-14,16-18,20-21H2,1-2H3. The predicted octanol–water partition coefficient (Wildman–Crippen LogP) is 5.19. The summed E-state index contributed by atoms with van der Waals surface area (Å²) in [7, 11) is 1.74. The first-order chi connectivity index (χ1) is 20.4. The molecule has 2 amide bonds. The van der Waals surface area contributed by atoms with Crippen LogP contribution in [0.5, 0.6) is 5.75 Å². The molecule has 2 aliphatic carbocycles. The molecular weight excluding hydrogens is 526 g/mol. The summed E-state index contributed by atoms with van der Waals surface area (Å²) in [5, 5.41) is 10.7. The molecule has 1 unspecified atom stereocenters. The molecule has 2 aromatic carbocycles. The molecule has 2 saturated heterocycles. The Bertz CT molecular complexity index is 1560. The molecule has 0 radical (unpaired) electrons. The number of H-pyrrole nitrogens is 1. The number of piperazine rings is 1. The summed E-state index contributed by atoms with van der Waals surface area (Å²) in [6, 6.07) is 15.4. The van der Waals surface area contributed by atoms with Crippen molar-refractivity contribution < 1.29 is 14.3 Å². The Morgan fingerprint density at radius 2 is 1.90 bits per heavy atom. The minimum absolute atomic E-state index is 0.0658. The number of hydrogen-bond acceptors (Lipinski definition) is 5. The van der Waals surface area contributed by atoms with Crippen molar-refractivity contribution in [3.8, 4) is 11.8 Å². The van der Waals surface area contributed by atoms with Gasteiger partial charge in [-0.3, -0.25) is 14.5 Å². The van der Waals surface area contributed by atoms with Gasteiger partial charge in [0.1, 0.15) is 12.3 Å². The van der Waals surface area contributed by atoms with E-state index in [1.807, 2.05) is 23.2 Å². The number of likely N-dealkylation sites (tertiary alicyclic amines) is 1. The van der Waals surface area contributed by atoms with Crippen molar-refractivity contribution in [1.82, 2.24) is 19.7 Å². The third-order valence-corrected chi connectivity index (χ3v) is 10.3. The molecule has 3 aromatic rings. The van der Waals surface area contributed by atoms with Gasteiger partial charge >= 0.3 is 0 Å². The van der Waals surface area contributed by atoms with Crippen LogP contribution in [0.4, 0.5) is 0 Å². The Labute approximate surface area is 247 Å². The lowest BCUT2D eigenvalue weighted by molar-refractivity contribution is -0.135. The number of amides is 2. The fourth-order valence-corrected chi connectivity index (χ4v) is 7.79. The van der Waals surface area contributed by atoms with Gasteiger partial charge in [0, 0.05) is 65.9 Å². The van der Waals surface area contributed by atoms with E-state index in [1.165, 1.54) is 16.5 Å². The minimum atomic E-state index is -0.0718. The highest BCUT2D eigenvalue weighted by Crippen LogP contribution is 2.57. The maximum absolute atomic E-state index is 13.4. The summed E-state index contributed by atoms with van der Waals surface area (Å²) in [5.41, 5.74) is 5.52. The number of nitrogens with zero attached hydrogens (tertiary/aromatic N) is 4. The number of benzene rings is 2. The monoisotopic (exact) mass is 565 g/mol. The van der Waals surface area contributed by atoms with E-state index in [4.69, 9.17) is 4.74 Å². The molecule has 4 fully saturated rings. The second kappa shape index (κ2) is 10.5. The Morgan fingerprint density at radius 3 is 2.60 bits per heavy atom. The molecule has 1 spiro atoms. The third-order valence-electron chi connectivity index (χ3n) is 10.3. The summed E-state index contributed by atoms with van der Waals surface area (Å²) in [5.74, 6) is 1.06. The van der Waals surface area contributed by atoms with Crippen LogP contribution in [0, 0.1) is 29.6 Å². The first-order valence-electron chi connectivity index (χ1n) is 15.3. The highest BCUT2D eigenvalue weighted by Gasteiger charge is 2.49. The van der Waals surface area contributed by atoms with Gasteiger partial charge in [-0.2, -0.15) is 5.26 Å².